The first-order chi connectivity index (χ1) is 12.3. The number of amides is 1. The Morgan fingerprint density at radius 3 is 2.35 bits per heavy atom. The maximum absolute atomic E-state index is 12.2. The van der Waals surface area contributed by atoms with E-state index in [1.807, 2.05) is 13.8 Å². The van der Waals surface area contributed by atoms with E-state index in [0.29, 0.717) is 16.1 Å². The molecule has 0 fully saturated rings. The van der Waals surface area contributed by atoms with Crippen LogP contribution in [0.4, 0.5) is 10.7 Å². The van der Waals surface area contributed by atoms with Crippen molar-refractivity contribution in [3.8, 4) is 0 Å². The Morgan fingerprint density at radius 1 is 1.12 bits per heavy atom. The summed E-state index contributed by atoms with van der Waals surface area (Å²) in [6.07, 6.45) is 0. The highest BCUT2D eigenvalue weighted by Gasteiger charge is 2.21. The van der Waals surface area contributed by atoms with Crippen LogP contribution in [0, 0.1) is 13.8 Å². The zero-order valence-corrected chi connectivity index (χ0v) is 16.1. The van der Waals surface area contributed by atoms with Gasteiger partial charge in [0.25, 0.3) is 0 Å². The number of nitrogens with one attached hydrogen (secondary N) is 2. The summed E-state index contributed by atoms with van der Waals surface area (Å²) in [5, 5.41) is 6.26. The largest absolute Gasteiger partial charge is 0.462 e. The summed E-state index contributed by atoms with van der Waals surface area (Å²) in [6, 6.07) is 6.89. The molecular weight excluding hydrogens is 352 g/mol. The van der Waals surface area contributed by atoms with E-state index in [2.05, 4.69) is 10.6 Å². The quantitative estimate of drug-likeness (QED) is 0.569. The average molecular weight is 374 g/mol. The molecule has 1 aromatic carbocycles. The van der Waals surface area contributed by atoms with Crippen molar-refractivity contribution in [1.29, 1.82) is 0 Å². The fraction of sp³-hybridized carbons (Fsp3) is 0.316. The SMILES string of the molecule is CCOC(=O)c1c(NC(=O)CNc2ccc(C(C)=O)cc2)sc(C)c1C. The maximum atomic E-state index is 12.2. The van der Waals surface area contributed by atoms with Crippen molar-refractivity contribution >= 4 is 39.7 Å². The smallest absolute Gasteiger partial charge is 0.341 e. The number of carbonyl (C=O) groups excluding carboxylic acids is 3. The molecule has 2 rings (SSSR count). The summed E-state index contributed by atoms with van der Waals surface area (Å²) in [4.78, 5) is 36.6. The third kappa shape index (κ3) is 4.70. The summed E-state index contributed by atoms with van der Waals surface area (Å²) in [5.41, 5.74) is 2.57. The first-order valence-electron chi connectivity index (χ1n) is 8.25. The maximum Gasteiger partial charge on any atom is 0.341 e. The summed E-state index contributed by atoms with van der Waals surface area (Å²) in [7, 11) is 0. The summed E-state index contributed by atoms with van der Waals surface area (Å²) in [6.45, 7) is 7.29. The molecule has 0 aliphatic rings. The van der Waals surface area contributed by atoms with Gasteiger partial charge in [0.05, 0.1) is 18.7 Å². The van der Waals surface area contributed by atoms with E-state index in [9.17, 15) is 14.4 Å². The average Bonchev–Trinajstić information content (AvgIpc) is 2.87. The van der Waals surface area contributed by atoms with Crippen LogP contribution in [0.25, 0.3) is 0 Å². The number of ether oxygens (including phenoxy) is 1. The minimum atomic E-state index is -0.433. The van der Waals surface area contributed by atoms with Gasteiger partial charge < -0.3 is 15.4 Å². The molecule has 1 aromatic heterocycles. The fourth-order valence-corrected chi connectivity index (χ4v) is 3.40. The predicted octanol–water partition coefficient (Wildman–Crippen LogP) is 3.79. The number of hydrogen-bond donors (Lipinski definition) is 2. The molecule has 2 aromatic rings. The molecule has 0 atom stereocenters. The molecule has 6 nitrogen and oxygen atoms in total. The van der Waals surface area contributed by atoms with Crippen molar-refractivity contribution < 1.29 is 19.1 Å². The molecule has 0 aliphatic heterocycles. The molecule has 1 amide bonds. The molecule has 0 bridgehead atoms. The van der Waals surface area contributed by atoms with Gasteiger partial charge in [-0.15, -0.1) is 11.3 Å². The van der Waals surface area contributed by atoms with E-state index in [0.717, 1.165) is 16.1 Å². The van der Waals surface area contributed by atoms with Crippen LogP contribution in [-0.4, -0.2) is 30.8 Å². The molecule has 0 unspecified atom stereocenters. The van der Waals surface area contributed by atoms with Gasteiger partial charge in [0.1, 0.15) is 5.00 Å². The van der Waals surface area contributed by atoms with Gasteiger partial charge in [-0.2, -0.15) is 0 Å². The second kappa shape index (κ2) is 8.62. The lowest BCUT2D eigenvalue weighted by atomic mass is 10.1. The lowest BCUT2D eigenvalue weighted by molar-refractivity contribution is -0.114. The lowest BCUT2D eigenvalue weighted by Gasteiger charge is -2.09. The van der Waals surface area contributed by atoms with Gasteiger partial charge in [0.15, 0.2) is 5.78 Å². The van der Waals surface area contributed by atoms with E-state index in [4.69, 9.17) is 4.74 Å². The Morgan fingerprint density at radius 2 is 1.77 bits per heavy atom. The van der Waals surface area contributed by atoms with Crippen LogP contribution in [0.5, 0.6) is 0 Å². The molecule has 7 heteroatoms. The van der Waals surface area contributed by atoms with E-state index in [1.165, 1.54) is 18.3 Å². The van der Waals surface area contributed by atoms with E-state index in [-0.39, 0.29) is 24.8 Å². The minimum Gasteiger partial charge on any atom is -0.462 e. The highest BCUT2D eigenvalue weighted by molar-refractivity contribution is 7.16. The third-order valence-corrected chi connectivity index (χ3v) is 4.98. The first-order valence-corrected chi connectivity index (χ1v) is 9.07. The highest BCUT2D eigenvalue weighted by Crippen LogP contribution is 2.33. The molecule has 0 saturated heterocycles. The molecule has 0 aliphatic carbocycles. The number of thiophene rings is 1. The van der Waals surface area contributed by atoms with Gasteiger partial charge in [0.2, 0.25) is 5.91 Å². The van der Waals surface area contributed by atoms with Crippen molar-refractivity contribution in [2.75, 3.05) is 23.8 Å². The Hall–Kier alpha value is -2.67. The van der Waals surface area contributed by atoms with E-state index >= 15 is 0 Å². The number of hydrogen-bond acceptors (Lipinski definition) is 6. The molecule has 1 heterocycles. The molecular formula is C19H22N2O4S. The van der Waals surface area contributed by atoms with Crippen LogP contribution in [-0.2, 0) is 9.53 Å². The lowest BCUT2D eigenvalue weighted by Crippen LogP contribution is -2.22. The summed E-state index contributed by atoms with van der Waals surface area (Å²) >= 11 is 1.35. The van der Waals surface area contributed by atoms with Crippen LogP contribution in [0.2, 0.25) is 0 Å². The number of ketones is 1. The first kappa shape index (κ1) is 19.7. The van der Waals surface area contributed by atoms with E-state index in [1.54, 1.807) is 31.2 Å². The molecule has 2 N–H and O–H groups in total. The van der Waals surface area contributed by atoms with Crippen molar-refractivity contribution in [3.05, 3.63) is 45.8 Å². The van der Waals surface area contributed by atoms with Crippen LogP contribution in [0.1, 0.15) is 45.0 Å². The Bertz CT molecular complexity index is 825. The van der Waals surface area contributed by atoms with Gasteiger partial charge in [-0.05, 0) is 57.5 Å². The second-order valence-corrected chi connectivity index (χ2v) is 6.97. The highest BCUT2D eigenvalue weighted by atomic mass is 32.1. The Labute approximate surface area is 156 Å². The Balaban J connectivity index is 2.02. The predicted molar refractivity (Wildman–Crippen MR) is 103 cm³/mol. The zero-order chi connectivity index (χ0) is 19.3. The standard InChI is InChI=1S/C19H22N2O4S/c1-5-25-19(24)17-11(2)13(4)26-18(17)21-16(23)10-20-15-8-6-14(7-9-15)12(3)22/h6-9,20H,5,10H2,1-4H3,(H,21,23). The van der Waals surface area contributed by atoms with Gasteiger partial charge in [-0.3, -0.25) is 9.59 Å². The molecule has 0 radical (unpaired) electrons. The zero-order valence-electron chi connectivity index (χ0n) is 15.3. The van der Waals surface area contributed by atoms with Gasteiger partial charge >= 0.3 is 5.97 Å². The number of Topliss-reactive ketones (excluding diaryl/α,β-unsaturated/α-hetero) is 1. The van der Waals surface area contributed by atoms with Crippen molar-refractivity contribution in [1.82, 2.24) is 0 Å². The number of esters is 1. The van der Waals surface area contributed by atoms with Crippen molar-refractivity contribution in [2.45, 2.75) is 27.7 Å². The fourth-order valence-electron chi connectivity index (χ4n) is 2.34. The van der Waals surface area contributed by atoms with Gasteiger partial charge in [-0.1, -0.05) is 0 Å². The van der Waals surface area contributed by atoms with Crippen molar-refractivity contribution in [3.63, 3.8) is 0 Å². The van der Waals surface area contributed by atoms with Gasteiger partial charge in [-0.25, -0.2) is 4.79 Å². The van der Waals surface area contributed by atoms with Crippen LogP contribution >= 0.6 is 11.3 Å². The number of carbonyl (C=O) groups is 3. The molecule has 0 saturated carbocycles. The number of aryl methyl sites for hydroxylation is 1. The molecule has 138 valence electrons. The third-order valence-electron chi connectivity index (χ3n) is 3.86. The number of anilines is 2. The molecule has 26 heavy (non-hydrogen) atoms. The minimum absolute atomic E-state index is 0.00998. The monoisotopic (exact) mass is 374 g/mol. The number of rotatable bonds is 7. The summed E-state index contributed by atoms with van der Waals surface area (Å²) in [5.74, 6) is -0.714. The van der Waals surface area contributed by atoms with Crippen molar-refractivity contribution in [2.24, 2.45) is 0 Å². The van der Waals surface area contributed by atoms with E-state index < -0.39 is 5.97 Å². The topological polar surface area (TPSA) is 84.5 Å². The second-order valence-electron chi connectivity index (χ2n) is 5.74. The van der Waals surface area contributed by atoms with Crippen LogP contribution < -0.4 is 10.6 Å². The summed E-state index contributed by atoms with van der Waals surface area (Å²) < 4.78 is 5.08. The van der Waals surface area contributed by atoms with Crippen LogP contribution in [0.3, 0.4) is 0 Å². The molecule has 0 spiro atoms. The van der Waals surface area contributed by atoms with Gasteiger partial charge in [0, 0.05) is 16.1 Å². The Kier molecular flexibility index (Phi) is 6.52. The van der Waals surface area contributed by atoms with Crippen LogP contribution in [0.15, 0.2) is 24.3 Å². The normalized spacial score (nSPS) is 10.3. The number of benzene rings is 1.